The zero-order valence-electron chi connectivity index (χ0n) is 11.4. The van der Waals surface area contributed by atoms with E-state index in [2.05, 4.69) is 56.3 Å². The van der Waals surface area contributed by atoms with E-state index in [4.69, 9.17) is 0 Å². The molecular formula is C17H26. The standard InChI is InChI=1S/C17H26/c1-3-5-6-7-8-10-13-16(4-2)17-14-11-9-12-15-17/h9-16H,3-8H2,1-2H3/b13-10-/t16-/m0/s1. The second-order valence-corrected chi connectivity index (χ2v) is 4.70. The molecule has 17 heavy (non-hydrogen) atoms. The molecule has 0 aliphatic rings. The van der Waals surface area contributed by atoms with E-state index in [0.717, 1.165) is 0 Å². The lowest BCUT2D eigenvalue weighted by Crippen LogP contribution is -1.92. The summed E-state index contributed by atoms with van der Waals surface area (Å²) >= 11 is 0. The maximum Gasteiger partial charge on any atom is 0.00153 e. The number of hydrogen-bond acceptors (Lipinski definition) is 0. The number of hydrogen-bond donors (Lipinski definition) is 0. The first-order valence-corrected chi connectivity index (χ1v) is 7.10. The molecule has 0 aliphatic carbocycles. The largest absolute Gasteiger partial charge is 0.0879 e. The minimum Gasteiger partial charge on any atom is -0.0879 e. The van der Waals surface area contributed by atoms with E-state index in [1.54, 1.807) is 0 Å². The highest BCUT2D eigenvalue weighted by atomic mass is 14.1. The van der Waals surface area contributed by atoms with E-state index >= 15 is 0 Å². The SMILES string of the molecule is CCCCCC/C=C\[C@H](CC)c1ccccc1. The fraction of sp³-hybridized carbons (Fsp3) is 0.529. The van der Waals surface area contributed by atoms with Gasteiger partial charge in [-0.15, -0.1) is 0 Å². The van der Waals surface area contributed by atoms with Gasteiger partial charge in [0.25, 0.3) is 0 Å². The molecule has 94 valence electrons. The van der Waals surface area contributed by atoms with Crippen molar-refractivity contribution in [2.75, 3.05) is 0 Å². The Morgan fingerprint density at radius 1 is 1.00 bits per heavy atom. The normalized spacial score (nSPS) is 13.1. The van der Waals surface area contributed by atoms with Crippen molar-refractivity contribution in [1.29, 1.82) is 0 Å². The second-order valence-electron chi connectivity index (χ2n) is 4.70. The molecule has 0 radical (unpaired) electrons. The molecule has 1 aromatic carbocycles. The van der Waals surface area contributed by atoms with Crippen molar-refractivity contribution >= 4 is 0 Å². The van der Waals surface area contributed by atoms with Crippen LogP contribution in [-0.2, 0) is 0 Å². The third-order valence-electron chi connectivity index (χ3n) is 3.26. The summed E-state index contributed by atoms with van der Waals surface area (Å²) in [5, 5.41) is 0. The molecule has 0 heterocycles. The Balaban J connectivity index is 2.34. The fourth-order valence-electron chi connectivity index (χ4n) is 2.13. The smallest absolute Gasteiger partial charge is 0.00153 e. The summed E-state index contributed by atoms with van der Waals surface area (Å²) in [4.78, 5) is 0. The predicted molar refractivity (Wildman–Crippen MR) is 77.4 cm³/mol. The van der Waals surface area contributed by atoms with Crippen LogP contribution in [0.25, 0.3) is 0 Å². The van der Waals surface area contributed by atoms with Crippen LogP contribution in [0.5, 0.6) is 0 Å². The van der Waals surface area contributed by atoms with Crippen molar-refractivity contribution in [3.05, 3.63) is 48.0 Å². The van der Waals surface area contributed by atoms with Gasteiger partial charge in [0.15, 0.2) is 0 Å². The molecule has 1 rings (SSSR count). The first kappa shape index (κ1) is 14.0. The zero-order chi connectivity index (χ0) is 12.3. The van der Waals surface area contributed by atoms with Crippen molar-refractivity contribution < 1.29 is 0 Å². The van der Waals surface area contributed by atoms with Gasteiger partial charge in [-0.2, -0.15) is 0 Å². The van der Waals surface area contributed by atoms with Crippen LogP contribution < -0.4 is 0 Å². The van der Waals surface area contributed by atoms with Gasteiger partial charge < -0.3 is 0 Å². The minimum absolute atomic E-state index is 0.599. The number of benzene rings is 1. The van der Waals surface area contributed by atoms with Gasteiger partial charge in [0.1, 0.15) is 0 Å². The number of rotatable bonds is 8. The summed E-state index contributed by atoms with van der Waals surface area (Å²) < 4.78 is 0. The maximum atomic E-state index is 2.39. The highest BCUT2D eigenvalue weighted by Gasteiger charge is 2.03. The van der Waals surface area contributed by atoms with Gasteiger partial charge in [-0.3, -0.25) is 0 Å². The summed E-state index contributed by atoms with van der Waals surface area (Å²) in [6.07, 6.45) is 12.6. The molecule has 1 aromatic rings. The summed E-state index contributed by atoms with van der Waals surface area (Å²) in [6, 6.07) is 10.8. The van der Waals surface area contributed by atoms with Gasteiger partial charge in [-0.25, -0.2) is 0 Å². The third-order valence-corrected chi connectivity index (χ3v) is 3.26. The van der Waals surface area contributed by atoms with E-state index in [0.29, 0.717) is 5.92 Å². The summed E-state index contributed by atoms with van der Waals surface area (Å²) in [6.45, 7) is 4.53. The second kappa shape index (κ2) is 9.04. The topological polar surface area (TPSA) is 0 Å². The monoisotopic (exact) mass is 230 g/mol. The average molecular weight is 230 g/mol. The van der Waals surface area contributed by atoms with E-state index in [1.807, 2.05) is 0 Å². The lowest BCUT2D eigenvalue weighted by molar-refractivity contribution is 0.672. The zero-order valence-corrected chi connectivity index (χ0v) is 11.4. The average Bonchev–Trinajstić information content (AvgIpc) is 2.39. The highest BCUT2D eigenvalue weighted by Crippen LogP contribution is 2.20. The first-order chi connectivity index (χ1) is 8.38. The molecule has 0 fully saturated rings. The molecule has 0 saturated carbocycles. The Morgan fingerprint density at radius 2 is 1.76 bits per heavy atom. The first-order valence-electron chi connectivity index (χ1n) is 7.10. The van der Waals surface area contributed by atoms with E-state index in [-0.39, 0.29) is 0 Å². The summed E-state index contributed by atoms with van der Waals surface area (Å²) in [5.41, 5.74) is 1.44. The Kier molecular flexibility index (Phi) is 7.46. The highest BCUT2D eigenvalue weighted by molar-refractivity contribution is 5.23. The number of allylic oxidation sites excluding steroid dienone is 2. The molecule has 0 aromatic heterocycles. The lowest BCUT2D eigenvalue weighted by Gasteiger charge is -2.10. The Hall–Kier alpha value is -1.04. The van der Waals surface area contributed by atoms with E-state index in [1.165, 1.54) is 44.1 Å². The molecule has 0 amide bonds. The van der Waals surface area contributed by atoms with Crippen LogP contribution in [0.3, 0.4) is 0 Å². The fourth-order valence-corrected chi connectivity index (χ4v) is 2.13. The van der Waals surface area contributed by atoms with Gasteiger partial charge in [-0.1, -0.05) is 75.6 Å². The van der Waals surface area contributed by atoms with Gasteiger partial charge in [0.05, 0.1) is 0 Å². The van der Waals surface area contributed by atoms with Crippen LogP contribution in [-0.4, -0.2) is 0 Å². The van der Waals surface area contributed by atoms with Crippen LogP contribution in [0.2, 0.25) is 0 Å². The molecule has 0 aliphatic heterocycles. The van der Waals surface area contributed by atoms with Crippen LogP contribution in [0.4, 0.5) is 0 Å². The van der Waals surface area contributed by atoms with Crippen LogP contribution in [0.1, 0.15) is 63.9 Å². The van der Waals surface area contributed by atoms with Gasteiger partial charge in [-0.05, 0) is 24.8 Å². The molecule has 0 heteroatoms. The van der Waals surface area contributed by atoms with Crippen molar-refractivity contribution in [3.63, 3.8) is 0 Å². The van der Waals surface area contributed by atoms with Crippen LogP contribution in [0, 0.1) is 0 Å². The minimum atomic E-state index is 0.599. The Labute approximate surface area is 107 Å². The van der Waals surface area contributed by atoms with E-state index < -0.39 is 0 Å². The molecule has 0 saturated heterocycles. The molecule has 0 N–H and O–H groups in total. The molecule has 0 nitrogen and oxygen atoms in total. The van der Waals surface area contributed by atoms with Crippen LogP contribution in [0.15, 0.2) is 42.5 Å². The third kappa shape index (κ3) is 5.72. The van der Waals surface area contributed by atoms with Crippen molar-refractivity contribution in [2.45, 2.75) is 58.3 Å². The van der Waals surface area contributed by atoms with Gasteiger partial charge in [0, 0.05) is 5.92 Å². The van der Waals surface area contributed by atoms with Gasteiger partial charge >= 0.3 is 0 Å². The number of unbranched alkanes of at least 4 members (excludes halogenated alkanes) is 4. The molecule has 0 bridgehead atoms. The summed E-state index contributed by atoms with van der Waals surface area (Å²) in [5.74, 6) is 0.599. The van der Waals surface area contributed by atoms with E-state index in [9.17, 15) is 0 Å². The molecule has 1 atom stereocenters. The summed E-state index contributed by atoms with van der Waals surface area (Å²) in [7, 11) is 0. The van der Waals surface area contributed by atoms with Crippen molar-refractivity contribution in [3.8, 4) is 0 Å². The van der Waals surface area contributed by atoms with Crippen molar-refractivity contribution in [1.82, 2.24) is 0 Å². The maximum absolute atomic E-state index is 2.39. The molecule has 0 spiro atoms. The Bertz CT molecular complexity index is 297. The Morgan fingerprint density at radius 3 is 2.41 bits per heavy atom. The molecule has 0 unspecified atom stereocenters. The lowest BCUT2D eigenvalue weighted by atomic mass is 9.95. The van der Waals surface area contributed by atoms with Crippen LogP contribution >= 0.6 is 0 Å². The van der Waals surface area contributed by atoms with Crippen molar-refractivity contribution in [2.24, 2.45) is 0 Å². The van der Waals surface area contributed by atoms with Gasteiger partial charge in [0.2, 0.25) is 0 Å². The predicted octanol–water partition coefficient (Wildman–Crippen LogP) is 5.71. The quantitative estimate of drug-likeness (QED) is 0.396. The molecular weight excluding hydrogens is 204 g/mol.